The zero-order valence-corrected chi connectivity index (χ0v) is 25.4. The fourth-order valence-electron chi connectivity index (χ4n) is 7.41. The predicted octanol–water partition coefficient (Wildman–Crippen LogP) is 11.5. The molecule has 0 saturated heterocycles. The van der Waals surface area contributed by atoms with Gasteiger partial charge in [-0.15, -0.1) is 0 Å². The van der Waals surface area contributed by atoms with Gasteiger partial charge in [-0.2, -0.15) is 0 Å². The van der Waals surface area contributed by atoms with Gasteiger partial charge < -0.3 is 9.15 Å². The second-order valence-electron chi connectivity index (χ2n) is 12.4. The van der Waals surface area contributed by atoms with Crippen molar-refractivity contribution in [2.75, 3.05) is 0 Å². The number of fused-ring (bicyclic) bond motifs is 5. The van der Waals surface area contributed by atoms with Gasteiger partial charge in [-0.1, -0.05) is 103 Å². The summed E-state index contributed by atoms with van der Waals surface area (Å²) in [6.45, 7) is 0. The van der Waals surface area contributed by atoms with E-state index in [1.165, 1.54) is 10.8 Å². The maximum Gasteiger partial charge on any atom is 0.167 e. The van der Waals surface area contributed by atoms with Crippen molar-refractivity contribution in [3.8, 4) is 45.7 Å². The Morgan fingerprint density at radius 1 is 0.417 bits per heavy atom. The molecule has 0 aliphatic carbocycles. The fraction of sp³-hybridized carbons (Fsp3) is 0. The second kappa shape index (κ2) is 9.47. The standard InChI is InChI=1S/C43H23N3O2/c1-2-8-28(9-3-1)41-44-42(29-19-22-34-33(23-29)31-20-17-24-7-4-5-11-30(24)39(31)47-34)46-43(45-41)32-21-18-27-16-15-26-14-13-25-10-6-12-35-36(25)37(26)38(27)40(32)48-35/h1-23H. The summed E-state index contributed by atoms with van der Waals surface area (Å²) in [7, 11) is 0. The molecule has 1 aliphatic heterocycles. The average molecular weight is 614 g/mol. The minimum atomic E-state index is 0.558. The molecule has 8 aromatic carbocycles. The fourth-order valence-corrected chi connectivity index (χ4v) is 7.41. The molecule has 0 atom stereocenters. The molecule has 0 spiro atoms. The van der Waals surface area contributed by atoms with Crippen molar-refractivity contribution < 1.29 is 9.15 Å². The van der Waals surface area contributed by atoms with E-state index < -0.39 is 0 Å². The lowest BCUT2D eigenvalue weighted by atomic mass is 9.92. The van der Waals surface area contributed by atoms with Gasteiger partial charge in [-0.3, -0.25) is 0 Å². The molecule has 0 fully saturated rings. The summed E-state index contributed by atoms with van der Waals surface area (Å²) >= 11 is 0. The Bertz CT molecular complexity index is 2980. The summed E-state index contributed by atoms with van der Waals surface area (Å²) in [5.41, 5.74) is 4.33. The highest BCUT2D eigenvalue weighted by molar-refractivity contribution is 6.26. The molecule has 0 unspecified atom stereocenters. The molecule has 3 heterocycles. The number of ether oxygens (including phenoxy) is 1. The molecule has 1 aliphatic rings. The predicted molar refractivity (Wildman–Crippen MR) is 194 cm³/mol. The van der Waals surface area contributed by atoms with Gasteiger partial charge in [0, 0.05) is 43.4 Å². The first kappa shape index (κ1) is 25.6. The van der Waals surface area contributed by atoms with Crippen LogP contribution in [0.25, 0.3) is 99.2 Å². The van der Waals surface area contributed by atoms with Gasteiger partial charge in [-0.25, -0.2) is 15.0 Å². The van der Waals surface area contributed by atoms with Crippen LogP contribution in [0.5, 0.6) is 11.5 Å². The molecule has 2 aromatic heterocycles. The summed E-state index contributed by atoms with van der Waals surface area (Å²) in [6.07, 6.45) is 0. The molecule has 0 bridgehead atoms. The zero-order chi connectivity index (χ0) is 31.3. The average Bonchev–Trinajstić information content (AvgIpc) is 3.53. The van der Waals surface area contributed by atoms with E-state index in [1.54, 1.807) is 0 Å². The SMILES string of the molecule is c1ccc(-c2nc(-c3ccc4oc5c6ccccc6ccc5c4c3)nc(-c3ccc4ccc5ccc6cccc7c6c5c4c3O7)n2)cc1. The van der Waals surface area contributed by atoms with E-state index in [0.29, 0.717) is 17.5 Å². The van der Waals surface area contributed by atoms with E-state index in [9.17, 15) is 0 Å². The minimum Gasteiger partial charge on any atom is -0.455 e. The molecular formula is C43H23N3O2. The first-order valence-electron chi connectivity index (χ1n) is 16.0. The van der Waals surface area contributed by atoms with Crippen molar-refractivity contribution in [2.24, 2.45) is 0 Å². The smallest absolute Gasteiger partial charge is 0.167 e. The van der Waals surface area contributed by atoms with Crippen LogP contribution in [0.4, 0.5) is 0 Å². The highest BCUT2D eigenvalue weighted by Gasteiger charge is 2.24. The molecule has 0 radical (unpaired) electrons. The van der Waals surface area contributed by atoms with Crippen LogP contribution in [0.3, 0.4) is 0 Å². The molecule has 222 valence electrons. The van der Waals surface area contributed by atoms with Crippen LogP contribution < -0.4 is 4.74 Å². The Morgan fingerprint density at radius 2 is 1.10 bits per heavy atom. The van der Waals surface area contributed by atoms with Gasteiger partial charge in [0.2, 0.25) is 0 Å². The molecule has 0 N–H and O–H groups in total. The third-order valence-electron chi connectivity index (χ3n) is 9.66. The van der Waals surface area contributed by atoms with Crippen LogP contribution in [-0.4, -0.2) is 15.0 Å². The van der Waals surface area contributed by atoms with Crippen molar-refractivity contribution in [1.29, 1.82) is 0 Å². The first-order valence-corrected chi connectivity index (χ1v) is 16.0. The lowest BCUT2D eigenvalue weighted by Crippen LogP contribution is -2.03. The molecular weight excluding hydrogens is 590 g/mol. The zero-order valence-electron chi connectivity index (χ0n) is 25.4. The van der Waals surface area contributed by atoms with Crippen LogP contribution in [0, 0.1) is 0 Å². The number of benzene rings is 8. The van der Waals surface area contributed by atoms with E-state index >= 15 is 0 Å². The Morgan fingerprint density at radius 3 is 1.98 bits per heavy atom. The lowest BCUT2D eigenvalue weighted by Gasteiger charge is -2.22. The Kier molecular flexibility index (Phi) is 5.05. The number of nitrogens with zero attached hydrogens (tertiary/aromatic N) is 3. The maximum atomic E-state index is 6.78. The summed E-state index contributed by atoms with van der Waals surface area (Å²) < 4.78 is 13.2. The molecule has 11 rings (SSSR count). The highest BCUT2D eigenvalue weighted by Crippen LogP contribution is 2.50. The van der Waals surface area contributed by atoms with E-state index in [0.717, 1.165) is 82.4 Å². The number of aromatic nitrogens is 3. The van der Waals surface area contributed by atoms with Gasteiger partial charge in [0.05, 0.1) is 5.56 Å². The van der Waals surface area contributed by atoms with Crippen LogP contribution in [0.1, 0.15) is 0 Å². The van der Waals surface area contributed by atoms with E-state index in [-0.39, 0.29) is 0 Å². The van der Waals surface area contributed by atoms with Gasteiger partial charge in [0.1, 0.15) is 22.7 Å². The van der Waals surface area contributed by atoms with Crippen LogP contribution >= 0.6 is 0 Å². The maximum absolute atomic E-state index is 6.78. The molecule has 10 aromatic rings. The molecule has 5 nitrogen and oxygen atoms in total. The monoisotopic (exact) mass is 613 g/mol. The number of furan rings is 1. The van der Waals surface area contributed by atoms with Gasteiger partial charge in [-0.05, 0) is 57.9 Å². The molecule has 48 heavy (non-hydrogen) atoms. The van der Waals surface area contributed by atoms with Crippen LogP contribution in [0.2, 0.25) is 0 Å². The Hall–Kier alpha value is -6.59. The summed E-state index contributed by atoms with van der Waals surface area (Å²) in [5.74, 6) is 3.35. The number of hydrogen-bond acceptors (Lipinski definition) is 5. The van der Waals surface area contributed by atoms with Gasteiger partial charge in [0.15, 0.2) is 17.5 Å². The number of hydrogen-bond donors (Lipinski definition) is 0. The van der Waals surface area contributed by atoms with Crippen LogP contribution in [0.15, 0.2) is 144 Å². The minimum absolute atomic E-state index is 0.558. The van der Waals surface area contributed by atoms with Crippen molar-refractivity contribution in [1.82, 2.24) is 15.0 Å². The normalized spacial score (nSPS) is 12.3. The molecule has 0 amide bonds. The van der Waals surface area contributed by atoms with Gasteiger partial charge in [0.25, 0.3) is 0 Å². The van der Waals surface area contributed by atoms with Crippen molar-refractivity contribution in [3.63, 3.8) is 0 Å². The van der Waals surface area contributed by atoms with Crippen molar-refractivity contribution >= 4 is 65.0 Å². The van der Waals surface area contributed by atoms with E-state index in [2.05, 4.69) is 72.8 Å². The Labute approximate surface area is 273 Å². The van der Waals surface area contributed by atoms with Crippen molar-refractivity contribution in [3.05, 3.63) is 140 Å². The largest absolute Gasteiger partial charge is 0.455 e. The quantitative estimate of drug-likeness (QED) is 0.186. The van der Waals surface area contributed by atoms with E-state index in [1.807, 2.05) is 66.7 Å². The summed E-state index contributed by atoms with van der Waals surface area (Å²) in [5, 5.41) is 11.2. The third-order valence-corrected chi connectivity index (χ3v) is 9.66. The topological polar surface area (TPSA) is 61.0 Å². The third kappa shape index (κ3) is 3.58. The Balaban J connectivity index is 1.17. The second-order valence-corrected chi connectivity index (χ2v) is 12.4. The molecule has 5 heteroatoms. The van der Waals surface area contributed by atoms with Crippen molar-refractivity contribution in [2.45, 2.75) is 0 Å². The van der Waals surface area contributed by atoms with Gasteiger partial charge >= 0.3 is 0 Å². The highest BCUT2D eigenvalue weighted by atomic mass is 16.5. The first-order chi connectivity index (χ1) is 23.8. The van der Waals surface area contributed by atoms with Crippen LogP contribution in [-0.2, 0) is 0 Å². The molecule has 0 saturated carbocycles. The summed E-state index contributed by atoms with van der Waals surface area (Å²) in [6, 6.07) is 48.0. The summed E-state index contributed by atoms with van der Waals surface area (Å²) in [4.78, 5) is 15.3. The van der Waals surface area contributed by atoms with E-state index in [4.69, 9.17) is 24.1 Å². The number of rotatable bonds is 3. The lowest BCUT2D eigenvalue weighted by molar-refractivity contribution is 0.494.